The molecule has 2 unspecified atom stereocenters. The van der Waals surface area contributed by atoms with Gasteiger partial charge < -0.3 is 10.1 Å². The highest BCUT2D eigenvalue weighted by Crippen LogP contribution is 2.40. The second-order valence-electron chi connectivity index (χ2n) is 2.81. The topological polar surface area (TPSA) is 21.3 Å². The molecule has 0 bridgehead atoms. The molecule has 1 saturated heterocycles. The molecule has 2 fully saturated rings. The fourth-order valence-electron chi connectivity index (χ4n) is 1.49. The third kappa shape index (κ3) is 0.754. The molecule has 4 heteroatoms. The van der Waals surface area contributed by atoms with Gasteiger partial charge in [-0.1, -0.05) is 0 Å². The lowest BCUT2D eigenvalue weighted by Gasteiger charge is -2.47. The second kappa shape index (κ2) is 1.89. The molecule has 10 heavy (non-hydrogen) atoms. The van der Waals surface area contributed by atoms with Gasteiger partial charge >= 0.3 is 0 Å². The van der Waals surface area contributed by atoms with Gasteiger partial charge in [-0.25, -0.2) is 8.78 Å². The zero-order chi connectivity index (χ0) is 7.19. The molecular weight excluding hydrogens is 140 g/mol. The van der Waals surface area contributed by atoms with Crippen molar-refractivity contribution in [3.63, 3.8) is 0 Å². The largest absolute Gasteiger partial charge is 0.375 e. The highest BCUT2D eigenvalue weighted by molar-refractivity contribution is 5.04. The van der Waals surface area contributed by atoms with Crippen LogP contribution in [0.4, 0.5) is 8.78 Å². The first-order valence-electron chi connectivity index (χ1n) is 3.43. The van der Waals surface area contributed by atoms with E-state index in [0.717, 1.165) is 0 Å². The number of hydrogen-bond donors (Lipinski definition) is 1. The fourth-order valence-corrected chi connectivity index (χ4v) is 1.49. The van der Waals surface area contributed by atoms with E-state index in [9.17, 15) is 8.78 Å². The Morgan fingerprint density at radius 1 is 1.50 bits per heavy atom. The lowest BCUT2D eigenvalue weighted by Crippen LogP contribution is -2.67. The molecule has 0 aromatic heterocycles. The summed E-state index contributed by atoms with van der Waals surface area (Å²) < 4.78 is 30.1. The number of rotatable bonds is 0. The predicted octanol–water partition coefficient (Wildman–Crippen LogP) is 0.382. The Hall–Kier alpha value is -0.220. The van der Waals surface area contributed by atoms with E-state index in [-0.39, 0.29) is 12.5 Å². The van der Waals surface area contributed by atoms with Gasteiger partial charge in [0.1, 0.15) is 0 Å². The van der Waals surface area contributed by atoms with Crippen LogP contribution in [0.1, 0.15) is 6.42 Å². The van der Waals surface area contributed by atoms with Crippen molar-refractivity contribution in [2.45, 2.75) is 24.5 Å². The number of morpholine rings is 1. The minimum Gasteiger partial charge on any atom is -0.375 e. The normalized spacial score (nSPS) is 43.8. The summed E-state index contributed by atoms with van der Waals surface area (Å²) in [4.78, 5) is 0. The van der Waals surface area contributed by atoms with E-state index in [0.29, 0.717) is 13.2 Å². The van der Waals surface area contributed by atoms with Crippen molar-refractivity contribution in [2.24, 2.45) is 0 Å². The smallest absolute Gasteiger partial charge is 0.268 e. The van der Waals surface area contributed by atoms with Crippen LogP contribution in [-0.2, 0) is 4.74 Å². The van der Waals surface area contributed by atoms with Crippen molar-refractivity contribution in [3.05, 3.63) is 0 Å². The van der Waals surface area contributed by atoms with Crippen molar-refractivity contribution in [1.82, 2.24) is 5.32 Å². The van der Waals surface area contributed by atoms with Crippen LogP contribution in [0.5, 0.6) is 0 Å². The van der Waals surface area contributed by atoms with Crippen molar-refractivity contribution >= 4 is 0 Å². The summed E-state index contributed by atoms with van der Waals surface area (Å²) in [5.74, 6) is -2.52. The van der Waals surface area contributed by atoms with Crippen LogP contribution in [0.25, 0.3) is 0 Å². The third-order valence-corrected chi connectivity index (χ3v) is 2.10. The van der Waals surface area contributed by atoms with Gasteiger partial charge in [0.25, 0.3) is 5.92 Å². The van der Waals surface area contributed by atoms with Crippen molar-refractivity contribution in [2.75, 3.05) is 13.2 Å². The van der Waals surface area contributed by atoms with Gasteiger partial charge in [0.05, 0.1) is 18.8 Å². The number of halogens is 2. The molecule has 2 aliphatic rings. The molecule has 0 radical (unpaired) electrons. The van der Waals surface area contributed by atoms with Gasteiger partial charge in [0.2, 0.25) is 0 Å². The maximum Gasteiger partial charge on any atom is 0.268 e. The predicted molar refractivity (Wildman–Crippen MR) is 31.1 cm³/mol. The molecule has 1 heterocycles. The van der Waals surface area contributed by atoms with Gasteiger partial charge in [-0.2, -0.15) is 0 Å². The summed E-state index contributed by atoms with van der Waals surface area (Å²) >= 11 is 0. The SMILES string of the molecule is FC1(F)CC2OCCNC21. The minimum absolute atomic E-state index is 0.106. The van der Waals surface area contributed by atoms with Crippen molar-refractivity contribution in [1.29, 1.82) is 0 Å². The molecule has 2 atom stereocenters. The van der Waals surface area contributed by atoms with E-state index in [4.69, 9.17) is 4.74 Å². The molecule has 0 aromatic rings. The van der Waals surface area contributed by atoms with Crippen LogP contribution in [0, 0.1) is 0 Å². The molecule has 1 N–H and O–H groups in total. The number of hydrogen-bond acceptors (Lipinski definition) is 2. The molecule has 2 rings (SSSR count). The van der Waals surface area contributed by atoms with E-state index in [2.05, 4.69) is 5.32 Å². The molecule has 2 nitrogen and oxygen atoms in total. The zero-order valence-corrected chi connectivity index (χ0v) is 5.44. The van der Waals surface area contributed by atoms with Crippen LogP contribution >= 0.6 is 0 Å². The standard InChI is InChI=1S/C6H9F2NO/c7-6(8)3-4-5(6)9-1-2-10-4/h4-5,9H,1-3H2. The van der Waals surface area contributed by atoms with E-state index in [1.165, 1.54) is 0 Å². The highest BCUT2D eigenvalue weighted by atomic mass is 19.3. The van der Waals surface area contributed by atoms with Crippen LogP contribution in [0.15, 0.2) is 0 Å². The Kier molecular flexibility index (Phi) is 1.22. The summed E-state index contributed by atoms with van der Waals surface area (Å²) in [6.45, 7) is 1.12. The molecule has 1 aliphatic heterocycles. The van der Waals surface area contributed by atoms with Gasteiger partial charge in [0, 0.05) is 13.0 Å². The summed E-state index contributed by atoms with van der Waals surface area (Å²) in [7, 11) is 0. The average molecular weight is 149 g/mol. The van der Waals surface area contributed by atoms with Gasteiger partial charge in [-0.05, 0) is 0 Å². The number of ether oxygens (including phenoxy) is 1. The lowest BCUT2D eigenvalue weighted by atomic mass is 9.83. The second-order valence-corrected chi connectivity index (χ2v) is 2.81. The van der Waals surface area contributed by atoms with Crippen LogP contribution < -0.4 is 5.32 Å². The van der Waals surface area contributed by atoms with Crippen LogP contribution in [0.3, 0.4) is 0 Å². The van der Waals surface area contributed by atoms with Gasteiger partial charge in [-0.15, -0.1) is 0 Å². The summed E-state index contributed by atoms with van der Waals surface area (Å²) in [5, 5.41) is 2.73. The number of nitrogens with one attached hydrogen (secondary N) is 1. The maximum absolute atomic E-state index is 12.5. The molecule has 58 valence electrons. The number of fused-ring (bicyclic) bond motifs is 1. The Labute approximate surface area is 57.5 Å². The Morgan fingerprint density at radius 3 is 2.80 bits per heavy atom. The molecule has 0 aromatic carbocycles. The fraction of sp³-hybridized carbons (Fsp3) is 1.00. The maximum atomic E-state index is 12.5. The molecule has 1 saturated carbocycles. The molecule has 1 aliphatic carbocycles. The first-order chi connectivity index (χ1) is 4.70. The van der Waals surface area contributed by atoms with Gasteiger partial charge in [-0.3, -0.25) is 0 Å². The average Bonchev–Trinajstić information content (AvgIpc) is 1.86. The minimum atomic E-state index is -2.52. The monoisotopic (exact) mass is 149 g/mol. The van der Waals surface area contributed by atoms with E-state index >= 15 is 0 Å². The lowest BCUT2D eigenvalue weighted by molar-refractivity contribution is -0.210. The third-order valence-electron chi connectivity index (χ3n) is 2.10. The molecule has 0 amide bonds. The zero-order valence-electron chi connectivity index (χ0n) is 5.44. The van der Waals surface area contributed by atoms with E-state index in [1.54, 1.807) is 0 Å². The Morgan fingerprint density at radius 2 is 2.30 bits per heavy atom. The van der Waals surface area contributed by atoms with Crippen LogP contribution in [0.2, 0.25) is 0 Å². The Bertz CT molecular complexity index is 151. The summed E-state index contributed by atoms with van der Waals surface area (Å²) in [6.07, 6.45) is -0.339. The van der Waals surface area contributed by atoms with Gasteiger partial charge in [0.15, 0.2) is 0 Å². The summed E-state index contributed by atoms with van der Waals surface area (Å²) in [5.41, 5.74) is 0. The number of alkyl halides is 2. The highest BCUT2D eigenvalue weighted by Gasteiger charge is 2.57. The summed E-state index contributed by atoms with van der Waals surface area (Å²) in [6, 6.07) is -0.707. The van der Waals surface area contributed by atoms with Crippen LogP contribution in [-0.4, -0.2) is 31.2 Å². The molecule has 0 spiro atoms. The quantitative estimate of drug-likeness (QED) is 0.537. The van der Waals surface area contributed by atoms with Crippen molar-refractivity contribution in [3.8, 4) is 0 Å². The van der Waals surface area contributed by atoms with E-state index < -0.39 is 12.0 Å². The first-order valence-corrected chi connectivity index (χ1v) is 3.43. The first kappa shape index (κ1) is 6.49. The Balaban J connectivity index is 2.01. The molecular formula is C6H9F2NO. The van der Waals surface area contributed by atoms with E-state index in [1.807, 2.05) is 0 Å². The van der Waals surface area contributed by atoms with Crippen molar-refractivity contribution < 1.29 is 13.5 Å².